The number of para-hydroxylation sites is 1. The Morgan fingerprint density at radius 1 is 1.12 bits per heavy atom. The van der Waals surface area contributed by atoms with Gasteiger partial charge < -0.3 is 19.7 Å². The molecule has 1 spiro atoms. The second-order valence-electron chi connectivity index (χ2n) is 6.36. The van der Waals surface area contributed by atoms with E-state index in [2.05, 4.69) is 20.2 Å². The van der Waals surface area contributed by atoms with E-state index in [1.54, 1.807) is 18.2 Å². The predicted molar refractivity (Wildman–Crippen MR) is 92.5 cm³/mol. The quantitative estimate of drug-likeness (QED) is 0.924. The summed E-state index contributed by atoms with van der Waals surface area (Å²) in [5.41, 5.74) is 0.400. The van der Waals surface area contributed by atoms with Gasteiger partial charge in [-0.1, -0.05) is 12.1 Å². The van der Waals surface area contributed by atoms with Gasteiger partial charge >= 0.3 is 0 Å². The first kappa shape index (κ1) is 16.2. The smallest absolute Gasteiger partial charge is 0.171 e. The zero-order valence-electron chi connectivity index (χ0n) is 14.2. The van der Waals surface area contributed by atoms with Gasteiger partial charge in [0.05, 0.1) is 18.9 Å². The topological polar surface area (TPSA) is 59.5 Å². The number of nitrogens with zero attached hydrogens (tertiary/aromatic N) is 3. The number of rotatable bonds is 3. The van der Waals surface area contributed by atoms with Crippen molar-refractivity contribution in [1.82, 2.24) is 9.97 Å². The summed E-state index contributed by atoms with van der Waals surface area (Å²) in [4.78, 5) is 11.1. The highest BCUT2D eigenvalue weighted by molar-refractivity contribution is 5.60. The van der Waals surface area contributed by atoms with Gasteiger partial charge in [-0.25, -0.2) is 14.4 Å². The van der Waals surface area contributed by atoms with Crippen LogP contribution in [0.3, 0.4) is 0 Å². The van der Waals surface area contributed by atoms with Crippen molar-refractivity contribution in [1.29, 1.82) is 0 Å². The molecule has 0 radical (unpaired) electrons. The molecule has 0 aliphatic carbocycles. The third-order valence-electron chi connectivity index (χ3n) is 4.62. The van der Waals surface area contributed by atoms with Gasteiger partial charge in [-0.2, -0.15) is 0 Å². The minimum Gasteiger partial charge on any atom is -0.356 e. The maximum atomic E-state index is 13.9. The van der Waals surface area contributed by atoms with E-state index >= 15 is 0 Å². The van der Waals surface area contributed by atoms with E-state index in [9.17, 15) is 4.39 Å². The molecule has 0 amide bonds. The normalized spacial score (nSPS) is 19.4. The molecule has 2 fully saturated rings. The summed E-state index contributed by atoms with van der Waals surface area (Å²) in [5, 5.41) is 3.04. The molecule has 4 rings (SSSR count). The first-order valence-electron chi connectivity index (χ1n) is 8.54. The minimum atomic E-state index is -0.410. The Morgan fingerprint density at radius 2 is 1.84 bits per heavy atom. The SMILES string of the molecule is Cc1nc(Nc2ccccc2F)cc(N2CCC3(CC2)OCCO3)n1. The fraction of sp³-hybridized carbons (Fsp3) is 0.444. The molecular weight excluding hydrogens is 323 g/mol. The Bertz CT molecular complexity index is 754. The number of anilines is 3. The Morgan fingerprint density at radius 3 is 2.56 bits per heavy atom. The third-order valence-corrected chi connectivity index (χ3v) is 4.62. The monoisotopic (exact) mass is 344 g/mol. The number of aromatic nitrogens is 2. The summed E-state index contributed by atoms with van der Waals surface area (Å²) in [5.74, 6) is 1.34. The summed E-state index contributed by atoms with van der Waals surface area (Å²) in [6.07, 6.45) is 1.62. The zero-order valence-corrected chi connectivity index (χ0v) is 14.2. The number of nitrogens with one attached hydrogen (secondary N) is 1. The van der Waals surface area contributed by atoms with Crippen LogP contribution in [-0.2, 0) is 9.47 Å². The van der Waals surface area contributed by atoms with Gasteiger partial charge in [-0.15, -0.1) is 0 Å². The van der Waals surface area contributed by atoms with Crippen molar-refractivity contribution < 1.29 is 13.9 Å². The molecule has 132 valence electrons. The van der Waals surface area contributed by atoms with Crippen LogP contribution in [0.15, 0.2) is 30.3 Å². The van der Waals surface area contributed by atoms with Crippen molar-refractivity contribution in [2.45, 2.75) is 25.6 Å². The third kappa shape index (κ3) is 3.43. The lowest BCUT2D eigenvalue weighted by atomic mass is 10.0. The fourth-order valence-corrected chi connectivity index (χ4v) is 3.34. The van der Waals surface area contributed by atoms with Gasteiger partial charge in [0.25, 0.3) is 0 Å². The number of aryl methyl sites for hydroxylation is 1. The molecule has 1 aromatic heterocycles. The first-order valence-corrected chi connectivity index (χ1v) is 8.54. The highest BCUT2D eigenvalue weighted by Crippen LogP contribution is 2.33. The van der Waals surface area contributed by atoms with Gasteiger partial charge in [-0.3, -0.25) is 0 Å². The van der Waals surface area contributed by atoms with Crippen LogP contribution in [-0.4, -0.2) is 42.1 Å². The molecule has 0 atom stereocenters. The van der Waals surface area contributed by atoms with Crippen LogP contribution in [0.25, 0.3) is 0 Å². The molecular formula is C18H21FN4O2. The Balaban J connectivity index is 1.51. The number of ether oxygens (including phenoxy) is 2. The first-order chi connectivity index (χ1) is 12.1. The van der Waals surface area contributed by atoms with Crippen LogP contribution in [0.4, 0.5) is 21.7 Å². The van der Waals surface area contributed by atoms with Gasteiger partial charge in [0, 0.05) is 32.0 Å². The molecule has 2 aromatic rings. The van der Waals surface area contributed by atoms with Crippen molar-refractivity contribution >= 4 is 17.3 Å². The standard InChI is InChI=1S/C18H21FN4O2/c1-13-20-16(22-15-5-3-2-4-14(15)19)12-17(21-13)23-8-6-18(7-9-23)24-10-11-25-18/h2-5,12H,6-11H2,1H3,(H,20,21,22). The van der Waals surface area contributed by atoms with E-state index in [0.29, 0.717) is 30.5 Å². The molecule has 0 bridgehead atoms. The van der Waals surface area contributed by atoms with E-state index in [1.807, 2.05) is 13.0 Å². The molecule has 0 saturated carbocycles. The number of hydrogen-bond donors (Lipinski definition) is 1. The fourth-order valence-electron chi connectivity index (χ4n) is 3.34. The second kappa shape index (κ2) is 6.57. The van der Waals surface area contributed by atoms with E-state index in [-0.39, 0.29) is 5.82 Å². The molecule has 6 nitrogen and oxygen atoms in total. The van der Waals surface area contributed by atoms with E-state index < -0.39 is 5.79 Å². The molecule has 3 heterocycles. The molecule has 1 N–H and O–H groups in total. The summed E-state index contributed by atoms with van der Waals surface area (Å²) >= 11 is 0. The minimum absolute atomic E-state index is 0.309. The maximum Gasteiger partial charge on any atom is 0.171 e. The summed E-state index contributed by atoms with van der Waals surface area (Å²) < 4.78 is 25.4. The molecule has 2 aliphatic heterocycles. The molecule has 7 heteroatoms. The van der Waals surface area contributed by atoms with Gasteiger partial charge in [0.15, 0.2) is 5.79 Å². The van der Waals surface area contributed by atoms with Crippen molar-refractivity contribution in [2.24, 2.45) is 0 Å². The molecule has 1 aromatic carbocycles. The number of halogens is 1. The van der Waals surface area contributed by atoms with E-state index in [4.69, 9.17) is 9.47 Å². The van der Waals surface area contributed by atoms with Crippen LogP contribution >= 0.6 is 0 Å². The molecule has 25 heavy (non-hydrogen) atoms. The lowest BCUT2D eigenvalue weighted by Crippen LogP contribution is -2.45. The van der Waals surface area contributed by atoms with E-state index in [0.717, 1.165) is 31.7 Å². The van der Waals surface area contributed by atoms with Crippen LogP contribution in [0.5, 0.6) is 0 Å². The zero-order chi connectivity index (χ0) is 17.3. The highest BCUT2D eigenvalue weighted by Gasteiger charge is 2.40. The van der Waals surface area contributed by atoms with Gasteiger partial charge in [0.1, 0.15) is 23.3 Å². The van der Waals surface area contributed by atoms with Crippen molar-refractivity contribution in [2.75, 3.05) is 36.5 Å². The number of benzene rings is 1. The van der Waals surface area contributed by atoms with Gasteiger partial charge in [-0.05, 0) is 19.1 Å². The van der Waals surface area contributed by atoms with Crippen LogP contribution in [0.1, 0.15) is 18.7 Å². The van der Waals surface area contributed by atoms with Crippen molar-refractivity contribution in [3.63, 3.8) is 0 Å². The number of piperidine rings is 1. The lowest BCUT2D eigenvalue weighted by Gasteiger charge is -2.38. The largest absolute Gasteiger partial charge is 0.356 e. The van der Waals surface area contributed by atoms with Crippen molar-refractivity contribution in [3.8, 4) is 0 Å². The summed E-state index contributed by atoms with van der Waals surface area (Å²) in [6, 6.07) is 8.41. The average Bonchev–Trinajstić information content (AvgIpc) is 3.05. The van der Waals surface area contributed by atoms with Gasteiger partial charge in [0.2, 0.25) is 0 Å². The highest BCUT2D eigenvalue weighted by atomic mass is 19.1. The average molecular weight is 344 g/mol. The summed E-state index contributed by atoms with van der Waals surface area (Å²) in [7, 11) is 0. The Labute approximate surface area is 146 Å². The molecule has 0 unspecified atom stereocenters. The Kier molecular flexibility index (Phi) is 4.27. The summed E-state index contributed by atoms with van der Waals surface area (Å²) in [6.45, 7) is 4.78. The Hall–Kier alpha value is -2.25. The molecule has 2 aliphatic rings. The lowest BCUT2D eigenvalue weighted by molar-refractivity contribution is -0.169. The number of hydrogen-bond acceptors (Lipinski definition) is 6. The van der Waals surface area contributed by atoms with Crippen molar-refractivity contribution in [3.05, 3.63) is 42.0 Å². The predicted octanol–water partition coefficient (Wildman–Crippen LogP) is 3.01. The molecule has 2 saturated heterocycles. The maximum absolute atomic E-state index is 13.9. The van der Waals surface area contributed by atoms with Crippen LogP contribution < -0.4 is 10.2 Å². The van der Waals surface area contributed by atoms with Crippen LogP contribution in [0.2, 0.25) is 0 Å². The van der Waals surface area contributed by atoms with E-state index in [1.165, 1.54) is 6.07 Å². The van der Waals surface area contributed by atoms with Crippen LogP contribution in [0, 0.1) is 12.7 Å². The second-order valence-corrected chi connectivity index (χ2v) is 6.36.